The van der Waals surface area contributed by atoms with Gasteiger partial charge in [0.2, 0.25) is 10.0 Å². The smallest absolute Gasteiger partial charge is 0.251 e. The molecule has 0 radical (unpaired) electrons. The molecule has 0 fully saturated rings. The molecule has 3 N–H and O–H groups in total. The summed E-state index contributed by atoms with van der Waals surface area (Å²) in [5.74, 6) is -1.01. The molecular weight excluding hydrogens is 283 g/mol. The number of hydrogen-bond acceptors (Lipinski definition) is 3. The Morgan fingerprint density at radius 2 is 1.95 bits per heavy atom. The molecule has 0 unspecified atom stereocenters. The van der Waals surface area contributed by atoms with E-state index < -0.39 is 26.6 Å². The van der Waals surface area contributed by atoms with Crippen molar-refractivity contribution in [1.29, 1.82) is 0 Å². The molecule has 0 saturated carbocycles. The van der Waals surface area contributed by atoms with Crippen molar-refractivity contribution in [2.24, 2.45) is 11.1 Å². The summed E-state index contributed by atoms with van der Waals surface area (Å²) in [6.07, 6.45) is 0.787. The van der Waals surface area contributed by atoms with Crippen LogP contribution in [0.2, 0.25) is 0 Å². The minimum atomic E-state index is -4.19. The number of halogens is 1. The number of hydrogen-bond donors (Lipinski definition) is 2. The topological polar surface area (TPSA) is 89.3 Å². The van der Waals surface area contributed by atoms with Crippen LogP contribution in [0.3, 0.4) is 0 Å². The molecule has 7 heteroatoms. The van der Waals surface area contributed by atoms with Gasteiger partial charge >= 0.3 is 0 Å². The Kier molecular flexibility index (Phi) is 5.24. The molecule has 0 bridgehead atoms. The first-order valence-corrected chi connectivity index (χ1v) is 7.79. The van der Waals surface area contributed by atoms with Gasteiger partial charge in [-0.05, 0) is 37.5 Å². The van der Waals surface area contributed by atoms with Crippen molar-refractivity contribution in [3.63, 3.8) is 0 Å². The van der Waals surface area contributed by atoms with Gasteiger partial charge in [0.1, 0.15) is 10.7 Å². The van der Waals surface area contributed by atoms with Crippen molar-refractivity contribution in [3.8, 4) is 0 Å². The SMILES string of the molecule is CC(C)C[C@H](C)NC(=O)c1ccc(F)c(S(N)(=O)=O)c1. The van der Waals surface area contributed by atoms with E-state index in [-0.39, 0.29) is 11.6 Å². The number of primary sulfonamides is 1. The number of rotatable bonds is 5. The number of nitrogens with one attached hydrogen (secondary N) is 1. The highest BCUT2D eigenvalue weighted by molar-refractivity contribution is 7.89. The van der Waals surface area contributed by atoms with Crippen LogP contribution in [0.1, 0.15) is 37.6 Å². The maximum atomic E-state index is 13.4. The molecule has 0 spiro atoms. The van der Waals surface area contributed by atoms with Gasteiger partial charge in [-0.3, -0.25) is 4.79 Å². The van der Waals surface area contributed by atoms with Gasteiger partial charge in [0, 0.05) is 11.6 Å². The lowest BCUT2D eigenvalue weighted by molar-refractivity contribution is 0.0936. The molecule has 0 aromatic heterocycles. The van der Waals surface area contributed by atoms with E-state index >= 15 is 0 Å². The molecule has 1 amide bonds. The number of benzene rings is 1. The molecule has 0 aliphatic heterocycles. The fourth-order valence-electron chi connectivity index (χ4n) is 1.94. The fraction of sp³-hybridized carbons (Fsp3) is 0.462. The molecule has 0 aliphatic rings. The normalized spacial score (nSPS) is 13.3. The first-order chi connectivity index (χ1) is 9.11. The number of amides is 1. The summed E-state index contributed by atoms with van der Waals surface area (Å²) in [4.78, 5) is 11.3. The third-order valence-electron chi connectivity index (χ3n) is 2.70. The van der Waals surface area contributed by atoms with Crippen LogP contribution in [0, 0.1) is 11.7 Å². The van der Waals surface area contributed by atoms with Crippen LogP contribution in [0.25, 0.3) is 0 Å². The molecule has 0 aliphatic carbocycles. The van der Waals surface area contributed by atoms with Gasteiger partial charge < -0.3 is 5.32 Å². The van der Waals surface area contributed by atoms with Crippen molar-refractivity contribution in [1.82, 2.24) is 5.32 Å². The number of carbonyl (C=O) groups is 1. The fourth-order valence-corrected chi connectivity index (χ4v) is 2.57. The summed E-state index contributed by atoms with van der Waals surface area (Å²) >= 11 is 0. The van der Waals surface area contributed by atoms with E-state index in [2.05, 4.69) is 5.32 Å². The third-order valence-corrected chi connectivity index (χ3v) is 3.63. The molecule has 1 atom stereocenters. The van der Waals surface area contributed by atoms with Gasteiger partial charge in [-0.1, -0.05) is 13.8 Å². The quantitative estimate of drug-likeness (QED) is 0.866. The highest BCUT2D eigenvalue weighted by Crippen LogP contribution is 2.15. The molecule has 20 heavy (non-hydrogen) atoms. The van der Waals surface area contributed by atoms with Crippen LogP contribution >= 0.6 is 0 Å². The number of carbonyl (C=O) groups excluding carboxylic acids is 1. The molecular formula is C13H19FN2O3S. The predicted molar refractivity (Wildman–Crippen MR) is 74.2 cm³/mol. The highest BCUT2D eigenvalue weighted by atomic mass is 32.2. The van der Waals surface area contributed by atoms with Crippen LogP contribution in [-0.2, 0) is 10.0 Å². The zero-order valence-corrected chi connectivity index (χ0v) is 12.5. The molecule has 112 valence electrons. The largest absolute Gasteiger partial charge is 0.350 e. The van der Waals surface area contributed by atoms with Gasteiger partial charge in [-0.2, -0.15) is 0 Å². The molecule has 0 saturated heterocycles. The Balaban J connectivity index is 2.95. The summed E-state index contributed by atoms with van der Waals surface area (Å²) in [5.41, 5.74) is 0.0611. The van der Waals surface area contributed by atoms with Gasteiger partial charge in [0.25, 0.3) is 5.91 Å². The van der Waals surface area contributed by atoms with Crippen molar-refractivity contribution in [3.05, 3.63) is 29.6 Å². The molecule has 1 rings (SSSR count). The Morgan fingerprint density at radius 1 is 1.35 bits per heavy atom. The maximum absolute atomic E-state index is 13.4. The molecule has 5 nitrogen and oxygen atoms in total. The summed E-state index contributed by atoms with van der Waals surface area (Å²) in [6.45, 7) is 5.90. The molecule has 1 aromatic carbocycles. The zero-order valence-electron chi connectivity index (χ0n) is 11.7. The summed E-state index contributed by atoms with van der Waals surface area (Å²) in [5, 5.41) is 7.62. The Labute approximate surface area is 118 Å². The summed E-state index contributed by atoms with van der Waals surface area (Å²) in [7, 11) is -4.19. The Hall–Kier alpha value is -1.47. The average molecular weight is 302 g/mol. The molecule has 0 heterocycles. The van der Waals surface area contributed by atoms with Crippen LogP contribution in [0.15, 0.2) is 23.1 Å². The second kappa shape index (κ2) is 6.32. The monoisotopic (exact) mass is 302 g/mol. The lowest BCUT2D eigenvalue weighted by Crippen LogP contribution is -2.33. The third kappa shape index (κ3) is 4.57. The number of sulfonamides is 1. The van der Waals surface area contributed by atoms with E-state index in [0.717, 1.165) is 18.6 Å². The van der Waals surface area contributed by atoms with Gasteiger partial charge in [-0.25, -0.2) is 17.9 Å². The van der Waals surface area contributed by atoms with Crippen LogP contribution in [-0.4, -0.2) is 20.4 Å². The van der Waals surface area contributed by atoms with Crippen molar-refractivity contribution < 1.29 is 17.6 Å². The van der Waals surface area contributed by atoms with Gasteiger partial charge in [-0.15, -0.1) is 0 Å². The Morgan fingerprint density at radius 3 is 2.45 bits per heavy atom. The Bertz CT molecular complexity index is 600. The van der Waals surface area contributed by atoms with E-state index in [4.69, 9.17) is 5.14 Å². The minimum Gasteiger partial charge on any atom is -0.350 e. The number of nitrogens with two attached hydrogens (primary N) is 1. The zero-order chi connectivity index (χ0) is 15.5. The van der Waals surface area contributed by atoms with E-state index in [1.54, 1.807) is 0 Å². The van der Waals surface area contributed by atoms with E-state index in [9.17, 15) is 17.6 Å². The highest BCUT2D eigenvalue weighted by Gasteiger charge is 2.18. The lowest BCUT2D eigenvalue weighted by atomic mass is 10.0. The predicted octanol–water partition coefficient (Wildman–Crippen LogP) is 1.64. The van der Waals surface area contributed by atoms with Crippen LogP contribution in [0.5, 0.6) is 0 Å². The van der Waals surface area contributed by atoms with Crippen molar-refractivity contribution >= 4 is 15.9 Å². The van der Waals surface area contributed by atoms with E-state index in [0.29, 0.717) is 5.92 Å². The standard InChI is InChI=1S/C13H19FN2O3S/c1-8(2)6-9(3)16-13(17)10-4-5-11(14)12(7-10)20(15,18)19/h4-5,7-9H,6H2,1-3H3,(H,16,17)(H2,15,18,19)/t9-/m0/s1. The van der Waals surface area contributed by atoms with Crippen LogP contribution in [0.4, 0.5) is 4.39 Å². The summed E-state index contributed by atoms with van der Waals surface area (Å²) in [6, 6.07) is 3.02. The van der Waals surface area contributed by atoms with Crippen molar-refractivity contribution in [2.75, 3.05) is 0 Å². The maximum Gasteiger partial charge on any atom is 0.251 e. The average Bonchev–Trinajstić information content (AvgIpc) is 2.26. The molecule has 1 aromatic rings. The second-order valence-electron chi connectivity index (χ2n) is 5.19. The minimum absolute atomic E-state index is 0.0611. The van der Waals surface area contributed by atoms with Crippen LogP contribution < -0.4 is 10.5 Å². The first kappa shape index (κ1) is 16.6. The van der Waals surface area contributed by atoms with Gasteiger partial charge in [0.15, 0.2) is 0 Å². The lowest BCUT2D eigenvalue weighted by Gasteiger charge is -2.16. The van der Waals surface area contributed by atoms with Crippen molar-refractivity contribution in [2.45, 2.75) is 38.1 Å². The van der Waals surface area contributed by atoms with E-state index in [1.165, 1.54) is 6.07 Å². The second-order valence-corrected chi connectivity index (χ2v) is 6.72. The van der Waals surface area contributed by atoms with Gasteiger partial charge in [0.05, 0.1) is 0 Å². The summed E-state index contributed by atoms with van der Waals surface area (Å²) < 4.78 is 35.8. The van der Waals surface area contributed by atoms with E-state index in [1.807, 2.05) is 20.8 Å². The first-order valence-electron chi connectivity index (χ1n) is 6.24.